The monoisotopic (exact) mass is 533 g/mol. The summed E-state index contributed by atoms with van der Waals surface area (Å²) in [6.07, 6.45) is 5.88. The maximum absolute atomic E-state index is 13.5. The highest BCUT2D eigenvalue weighted by atomic mass is 35.5. The van der Waals surface area contributed by atoms with E-state index in [9.17, 15) is 8.42 Å². The van der Waals surface area contributed by atoms with Gasteiger partial charge in [-0.05, 0) is 13.0 Å². The second-order valence-corrected chi connectivity index (χ2v) is 10.7. The largest absolute Gasteiger partial charge is 0.479 e. The average Bonchev–Trinajstić information content (AvgIpc) is 3.48. The summed E-state index contributed by atoms with van der Waals surface area (Å²) in [5.41, 5.74) is 0.706. The van der Waals surface area contributed by atoms with Crippen LogP contribution >= 0.6 is 11.6 Å². The molecule has 0 aliphatic rings. The molecule has 0 aliphatic heterocycles. The zero-order chi connectivity index (χ0) is 26.0. The molecule has 13 nitrogen and oxygen atoms in total. The van der Waals surface area contributed by atoms with E-state index in [1.165, 1.54) is 37.5 Å². The standard InChI is InChI=1S/C21H24ClN9O4S/c1-12(18-23-8-14(22)9-24-18)13(2)36(32,33)10-16-27-28-19(15-6-7-30(3)29-15)31(16)17-20(34-4)25-11-26-21(17)35-5/h6-9,11-13H,10H2,1-5H3/t12-,13-/m1/s1. The van der Waals surface area contributed by atoms with E-state index < -0.39 is 26.8 Å². The van der Waals surface area contributed by atoms with Crippen LogP contribution in [0.1, 0.15) is 31.4 Å². The third-order valence-electron chi connectivity index (χ3n) is 5.69. The molecular weight excluding hydrogens is 510 g/mol. The molecular formula is C21H24ClN9O4S. The van der Waals surface area contributed by atoms with Gasteiger partial charge in [0.25, 0.3) is 0 Å². The van der Waals surface area contributed by atoms with E-state index in [-0.39, 0.29) is 29.1 Å². The van der Waals surface area contributed by atoms with Crippen molar-refractivity contribution < 1.29 is 17.9 Å². The summed E-state index contributed by atoms with van der Waals surface area (Å²) in [6.45, 7) is 3.34. The lowest BCUT2D eigenvalue weighted by molar-refractivity contribution is 0.368. The molecule has 0 spiro atoms. The summed E-state index contributed by atoms with van der Waals surface area (Å²) in [5.74, 6) is 0.0792. The van der Waals surface area contributed by atoms with E-state index in [1.54, 1.807) is 37.8 Å². The molecule has 0 saturated carbocycles. The summed E-state index contributed by atoms with van der Waals surface area (Å²) in [6, 6.07) is 1.73. The number of methoxy groups -OCH3 is 2. The van der Waals surface area contributed by atoms with E-state index in [1.807, 2.05) is 0 Å². The van der Waals surface area contributed by atoms with Gasteiger partial charge in [0.05, 0.1) is 24.5 Å². The molecule has 2 atom stereocenters. The molecule has 0 amide bonds. The van der Waals surface area contributed by atoms with Crippen molar-refractivity contribution in [2.45, 2.75) is 30.8 Å². The number of hydrogen-bond acceptors (Lipinski definition) is 11. The Labute approximate surface area is 212 Å². The molecule has 0 bridgehead atoms. The number of nitrogens with zero attached hydrogens (tertiary/aromatic N) is 9. The molecule has 0 aromatic carbocycles. The van der Waals surface area contributed by atoms with Gasteiger partial charge in [-0.25, -0.2) is 18.4 Å². The predicted molar refractivity (Wildman–Crippen MR) is 130 cm³/mol. The molecule has 4 heterocycles. The normalized spacial score (nSPS) is 13.4. The van der Waals surface area contributed by atoms with E-state index in [0.29, 0.717) is 16.5 Å². The van der Waals surface area contributed by atoms with E-state index >= 15 is 0 Å². The van der Waals surface area contributed by atoms with Crippen LogP contribution in [-0.4, -0.2) is 72.4 Å². The van der Waals surface area contributed by atoms with Crippen molar-refractivity contribution >= 4 is 21.4 Å². The Hall–Kier alpha value is -3.65. The number of hydrogen-bond donors (Lipinski definition) is 0. The van der Waals surface area contributed by atoms with Gasteiger partial charge in [-0.15, -0.1) is 10.2 Å². The Kier molecular flexibility index (Phi) is 7.17. The van der Waals surface area contributed by atoms with Crippen LogP contribution in [0.5, 0.6) is 11.8 Å². The van der Waals surface area contributed by atoms with Crippen molar-refractivity contribution in [1.82, 2.24) is 44.5 Å². The Morgan fingerprint density at radius 3 is 2.22 bits per heavy atom. The Morgan fingerprint density at radius 2 is 1.67 bits per heavy atom. The fourth-order valence-electron chi connectivity index (χ4n) is 3.57. The number of aryl methyl sites for hydroxylation is 1. The van der Waals surface area contributed by atoms with Crippen LogP contribution in [0.2, 0.25) is 5.02 Å². The first-order valence-corrected chi connectivity index (χ1v) is 12.8. The van der Waals surface area contributed by atoms with Crippen LogP contribution in [0.15, 0.2) is 31.0 Å². The molecule has 36 heavy (non-hydrogen) atoms. The Bertz CT molecular complexity index is 1450. The molecule has 0 saturated heterocycles. The first-order chi connectivity index (χ1) is 17.2. The highest BCUT2D eigenvalue weighted by Gasteiger charge is 2.33. The minimum absolute atomic E-state index is 0.109. The van der Waals surface area contributed by atoms with E-state index in [2.05, 4.69) is 35.2 Å². The van der Waals surface area contributed by atoms with Crippen LogP contribution in [0.3, 0.4) is 0 Å². The summed E-state index contributed by atoms with van der Waals surface area (Å²) in [4.78, 5) is 16.7. The molecule has 15 heteroatoms. The Balaban J connectivity index is 1.81. The molecule has 0 aliphatic carbocycles. The van der Waals surface area contributed by atoms with Crippen molar-refractivity contribution in [1.29, 1.82) is 0 Å². The SMILES string of the molecule is COc1ncnc(OC)c1-n1c(CS(=O)(=O)[C@H](C)[C@@H](C)c2ncc(Cl)cn2)nnc1-c1ccn(C)n1. The maximum atomic E-state index is 13.5. The zero-order valence-corrected chi connectivity index (χ0v) is 21.8. The highest BCUT2D eigenvalue weighted by molar-refractivity contribution is 7.91. The molecule has 0 N–H and O–H groups in total. The minimum Gasteiger partial charge on any atom is -0.479 e. The highest BCUT2D eigenvalue weighted by Crippen LogP contribution is 2.34. The van der Waals surface area contributed by atoms with Crippen LogP contribution in [0.4, 0.5) is 0 Å². The molecule has 4 aromatic rings. The third-order valence-corrected chi connectivity index (χ3v) is 8.08. The third kappa shape index (κ3) is 4.86. The van der Waals surface area contributed by atoms with Crippen molar-refractivity contribution in [3.05, 3.63) is 47.7 Å². The summed E-state index contributed by atoms with van der Waals surface area (Å²) in [7, 11) is 0.832. The molecule has 0 fully saturated rings. The van der Waals surface area contributed by atoms with Gasteiger partial charge in [-0.2, -0.15) is 15.1 Å². The van der Waals surface area contributed by atoms with Gasteiger partial charge < -0.3 is 9.47 Å². The lowest BCUT2D eigenvalue weighted by Crippen LogP contribution is -2.27. The lowest BCUT2D eigenvalue weighted by atomic mass is 10.1. The summed E-state index contributed by atoms with van der Waals surface area (Å²) < 4.78 is 41.1. The molecule has 4 rings (SSSR count). The number of aromatic nitrogens is 9. The molecule has 4 aromatic heterocycles. The second kappa shape index (κ2) is 10.1. The van der Waals surface area contributed by atoms with Crippen LogP contribution in [0.25, 0.3) is 17.2 Å². The van der Waals surface area contributed by atoms with Gasteiger partial charge >= 0.3 is 0 Å². The number of ether oxygens (including phenoxy) is 2. The topological polar surface area (TPSA) is 153 Å². The van der Waals surface area contributed by atoms with Gasteiger partial charge in [0.1, 0.15) is 23.6 Å². The summed E-state index contributed by atoms with van der Waals surface area (Å²) >= 11 is 5.87. The quantitative estimate of drug-likeness (QED) is 0.310. The van der Waals surface area contributed by atoms with Gasteiger partial charge in [-0.1, -0.05) is 18.5 Å². The van der Waals surface area contributed by atoms with Crippen molar-refractivity contribution in [2.75, 3.05) is 14.2 Å². The van der Waals surface area contributed by atoms with Crippen LogP contribution < -0.4 is 9.47 Å². The van der Waals surface area contributed by atoms with Gasteiger partial charge in [0.15, 0.2) is 27.2 Å². The number of halogens is 1. The number of rotatable bonds is 9. The Morgan fingerprint density at radius 1 is 1.03 bits per heavy atom. The predicted octanol–water partition coefficient (Wildman–Crippen LogP) is 2.03. The fourth-order valence-corrected chi connectivity index (χ4v) is 5.22. The first kappa shape index (κ1) is 25.4. The lowest BCUT2D eigenvalue weighted by Gasteiger charge is -2.20. The average molecular weight is 534 g/mol. The van der Waals surface area contributed by atoms with Crippen molar-refractivity contribution in [3.8, 4) is 29.0 Å². The van der Waals surface area contributed by atoms with Crippen LogP contribution in [-0.2, 0) is 22.6 Å². The number of sulfone groups is 1. The first-order valence-electron chi connectivity index (χ1n) is 10.7. The van der Waals surface area contributed by atoms with E-state index in [4.69, 9.17) is 21.1 Å². The zero-order valence-electron chi connectivity index (χ0n) is 20.2. The minimum atomic E-state index is -3.79. The maximum Gasteiger partial charge on any atom is 0.245 e. The summed E-state index contributed by atoms with van der Waals surface area (Å²) in [5, 5.41) is 12.4. The smallest absolute Gasteiger partial charge is 0.245 e. The van der Waals surface area contributed by atoms with Gasteiger partial charge in [-0.3, -0.25) is 9.25 Å². The molecule has 0 unspecified atom stereocenters. The molecule has 190 valence electrons. The van der Waals surface area contributed by atoms with E-state index in [0.717, 1.165) is 0 Å². The van der Waals surface area contributed by atoms with Crippen molar-refractivity contribution in [2.24, 2.45) is 7.05 Å². The molecule has 0 radical (unpaired) electrons. The van der Waals surface area contributed by atoms with Crippen LogP contribution in [0, 0.1) is 0 Å². The van der Waals surface area contributed by atoms with Gasteiger partial charge in [0, 0.05) is 31.6 Å². The van der Waals surface area contributed by atoms with Crippen molar-refractivity contribution in [3.63, 3.8) is 0 Å². The fraction of sp³-hybridized carbons (Fsp3) is 0.381. The second-order valence-electron chi connectivity index (χ2n) is 7.95. The van der Waals surface area contributed by atoms with Gasteiger partial charge in [0.2, 0.25) is 11.8 Å².